The summed E-state index contributed by atoms with van der Waals surface area (Å²) in [6.45, 7) is 1.96. The Balaban J connectivity index is 2.05. The van der Waals surface area contributed by atoms with Crippen LogP contribution in [0.15, 0.2) is 18.3 Å². The van der Waals surface area contributed by atoms with Gasteiger partial charge < -0.3 is 14.7 Å². The number of hydrogen-bond donors (Lipinski definition) is 1. The van der Waals surface area contributed by atoms with Crippen molar-refractivity contribution in [3.63, 3.8) is 0 Å². The largest absolute Gasteiger partial charge is 0.488 e. The molecular formula is C12H16N2O3. The van der Waals surface area contributed by atoms with Gasteiger partial charge in [0.15, 0.2) is 11.4 Å². The first kappa shape index (κ1) is 11.9. The van der Waals surface area contributed by atoms with Crippen molar-refractivity contribution in [1.29, 1.82) is 0 Å². The van der Waals surface area contributed by atoms with E-state index in [2.05, 4.69) is 16.9 Å². The number of hydrogen-bond acceptors (Lipinski definition) is 4. The molecule has 1 aliphatic rings. The molecule has 1 aromatic rings. The summed E-state index contributed by atoms with van der Waals surface area (Å²) in [7, 11) is 2.07. The summed E-state index contributed by atoms with van der Waals surface area (Å²) in [6, 6.07) is 3.35. The minimum atomic E-state index is -1.05. The minimum Gasteiger partial charge on any atom is -0.488 e. The van der Waals surface area contributed by atoms with Crippen LogP contribution in [0, 0.1) is 0 Å². The topological polar surface area (TPSA) is 62.7 Å². The van der Waals surface area contributed by atoms with Gasteiger partial charge in [-0.15, -0.1) is 0 Å². The average molecular weight is 236 g/mol. The van der Waals surface area contributed by atoms with E-state index < -0.39 is 5.97 Å². The normalized spacial score (nSPS) is 17.9. The number of aromatic carboxylic acids is 1. The Morgan fingerprint density at radius 3 is 2.88 bits per heavy atom. The van der Waals surface area contributed by atoms with Crippen molar-refractivity contribution in [2.75, 3.05) is 20.1 Å². The molecule has 0 unspecified atom stereocenters. The van der Waals surface area contributed by atoms with Gasteiger partial charge in [-0.2, -0.15) is 0 Å². The summed E-state index contributed by atoms with van der Waals surface area (Å²) in [5.74, 6) is -0.678. The van der Waals surface area contributed by atoms with E-state index in [1.807, 2.05) is 0 Å². The van der Waals surface area contributed by atoms with E-state index in [1.165, 1.54) is 6.20 Å². The first-order valence-corrected chi connectivity index (χ1v) is 5.70. The first-order valence-electron chi connectivity index (χ1n) is 5.70. The minimum absolute atomic E-state index is 0.00794. The van der Waals surface area contributed by atoms with Crippen LogP contribution in [-0.4, -0.2) is 47.2 Å². The highest BCUT2D eigenvalue weighted by atomic mass is 16.5. The molecule has 1 fully saturated rings. The van der Waals surface area contributed by atoms with Crippen molar-refractivity contribution in [2.24, 2.45) is 0 Å². The predicted octanol–water partition coefficient (Wildman–Crippen LogP) is 1.25. The Morgan fingerprint density at radius 1 is 1.53 bits per heavy atom. The summed E-state index contributed by atoms with van der Waals surface area (Å²) in [5.41, 5.74) is -0.00794. The predicted molar refractivity (Wildman–Crippen MR) is 62.3 cm³/mol. The smallest absolute Gasteiger partial charge is 0.358 e. The van der Waals surface area contributed by atoms with Crippen molar-refractivity contribution in [1.82, 2.24) is 9.88 Å². The van der Waals surface area contributed by atoms with Gasteiger partial charge in [-0.25, -0.2) is 9.78 Å². The number of rotatable bonds is 3. The number of pyridine rings is 1. The molecule has 2 heterocycles. The number of carboxylic acid groups (broad SMARTS) is 1. The number of ether oxygens (including phenoxy) is 1. The van der Waals surface area contributed by atoms with Crippen LogP contribution < -0.4 is 4.74 Å². The van der Waals surface area contributed by atoms with Crippen LogP contribution in [0.3, 0.4) is 0 Å². The number of carbonyl (C=O) groups is 1. The van der Waals surface area contributed by atoms with Crippen LogP contribution in [-0.2, 0) is 0 Å². The van der Waals surface area contributed by atoms with Gasteiger partial charge in [0.1, 0.15) is 6.10 Å². The number of likely N-dealkylation sites (tertiary alicyclic amines) is 1. The van der Waals surface area contributed by atoms with Crippen molar-refractivity contribution in [3.05, 3.63) is 24.0 Å². The van der Waals surface area contributed by atoms with E-state index in [0.717, 1.165) is 25.9 Å². The van der Waals surface area contributed by atoms with Gasteiger partial charge in [-0.3, -0.25) is 0 Å². The second kappa shape index (κ2) is 5.14. The lowest BCUT2D eigenvalue weighted by atomic mass is 10.1. The number of carboxylic acids is 1. The molecule has 1 saturated heterocycles. The standard InChI is InChI=1S/C12H16N2O3/c1-14-7-4-9(5-8-14)17-10-3-2-6-13-11(10)12(15)16/h2-3,6,9H,4-5,7-8H2,1H3,(H,15,16). The highest BCUT2D eigenvalue weighted by molar-refractivity contribution is 5.88. The van der Waals surface area contributed by atoms with Crippen molar-refractivity contribution in [3.8, 4) is 5.75 Å². The highest BCUT2D eigenvalue weighted by Gasteiger charge is 2.21. The van der Waals surface area contributed by atoms with E-state index >= 15 is 0 Å². The fourth-order valence-electron chi connectivity index (χ4n) is 1.93. The average Bonchev–Trinajstić information content (AvgIpc) is 2.32. The quantitative estimate of drug-likeness (QED) is 0.855. The zero-order valence-corrected chi connectivity index (χ0v) is 9.80. The lowest BCUT2D eigenvalue weighted by Crippen LogP contribution is -2.35. The van der Waals surface area contributed by atoms with E-state index in [1.54, 1.807) is 12.1 Å². The summed E-state index contributed by atoms with van der Waals surface area (Å²) >= 11 is 0. The van der Waals surface area contributed by atoms with Gasteiger partial charge in [0.05, 0.1) is 0 Å². The van der Waals surface area contributed by atoms with Crippen LogP contribution in [0.2, 0.25) is 0 Å². The maximum atomic E-state index is 11.0. The van der Waals surface area contributed by atoms with Gasteiger partial charge in [-0.05, 0) is 32.0 Å². The van der Waals surface area contributed by atoms with Gasteiger partial charge in [0, 0.05) is 19.3 Å². The Morgan fingerprint density at radius 2 is 2.24 bits per heavy atom. The molecule has 1 aliphatic heterocycles. The lowest BCUT2D eigenvalue weighted by molar-refractivity contribution is 0.0673. The lowest BCUT2D eigenvalue weighted by Gasteiger charge is -2.29. The Hall–Kier alpha value is -1.62. The summed E-state index contributed by atoms with van der Waals surface area (Å²) in [4.78, 5) is 17.0. The zero-order chi connectivity index (χ0) is 12.3. The zero-order valence-electron chi connectivity index (χ0n) is 9.80. The molecule has 1 N–H and O–H groups in total. The third kappa shape index (κ3) is 2.94. The van der Waals surface area contributed by atoms with Crippen molar-refractivity contribution in [2.45, 2.75) is 18.9 Å². The Kier molecular flexibility index (Phi) is 3.58. The molecule has 5 nitrogen and oxygen atoms in total. The molecule has 5 heteroatoms. The summed E-state index contributed by atoms with van der Waals surface area (Å²) in [5, 5.41) is 8.99. The molecule has 17 heavy (non-hydrogen) atoms. The van der Waals surface area contributed by atoms with Crippen molar-refractivity contribution < 1.29 is 14.6 Å². The fourth-order valence-corrected chi connectivity index (χ4v) is 1.93. The monoisotopic (exact) mass is 236 g/mol. The molecule has 0 spiro atoms. The third-order valence-electron chi connectivity index (χ3n) is 2.93. The second-order valence-electron chi connectivity index (χ2n) is 4.28. The van der Waals surface area contributed by atoms with Gasteiger partial charge >= 0.3 is 5.97 Å². The van der Waals surface area contributed by atoms with E-state index in [0.29, 0.717) is 5.75 Å². The molecule has 2 rings (SSSR count). The van der Waals surface area contributed by atoms with Gasteiger partial charge in [0.25, 0.3) is 0 Å². The Bertz CT molecular complexity index is 400. The van der Waals surface area contributed by atoms with E-state index in [-0.39, 0.29) is 11.8 Å². The van der Waals surface area contributed by atoms with Crippen LogP contribution in [0.4, 0.5) is 0 Å². The molecule has 0 atom stereocenters. The molecule has 0 radical (unpaired) electrons. The summed E-state index contributed by atoms with van der Waals surface area (Å²) < 4.78 is 5.73. The molecular weight excluding hydrogens is 220 g/mol. The number of nitrogens with zero attached hydrogens (tertiary/aromatic N) is 2. The van der Waals surface area contributed by atoms with E-state index in [4.69, 9.17) is 9.84 Å². The summed E-state index contributed by atoms with van der Waals surface area (Å²) in [6.07, 6.45) is 3.40. The molecule has 0 aromatic carbocycles. The van der Waals surface area contributed by atoms with E-state index in [9.17, 15) is 4.79 Å². The molecule has 0 amide bonds. The number of piperidine rings is 1. The molecule has 92 valence electrons. The maximum absolute atomic E-state index is 11.0. The second-order valence-corrected chi connectivity index (χ2v) is 4.28. The third-order valence-corrected chi connectivity index (χ3v) is 2.93. The van der Waals surface area contributed by atoms with Gasteiger partial charge in [-0.1, -0.05) is 0 Å². The Labute approximate surface area is 100 Å². The SMILES string of the molecule is CN1CCC(Oc2cccnc2C(=O)O)CC1. The maximum Gasteiger partial charge on any atom is 0.358 e. The highest BCUT2D eigenvalue weighted by Crippen LogP contribution is 2.21. The molecule has 0 aliphatic carbocycles. The fraction of sp³-hybridized carbons (Fsp3) is 0.500. The molecule has 1 aromatic heterocycles. The van der Waals surface area contributed by atoms with Crippen molar-refractivity contribution >= 4 is 5.97 Å². The van der Waals surface area contributed by atoms with Crippen LogP contribution >= 0.6 is 0 Å². The van der Waals surface area contributed by atoms with Gasteiger partial charge in [0.2, 0.25) is 0 Å². The van der Waals surface area contributed by atoms with Crippen LogP contribution in [0.5, 0.6) is 5.75 Å². The van der Waals surface area contributed by atoms with Crippen LogP contribution in [0.1, 0.15) is 23.3 Å². The molecule has 0 saturated carbocycles. The number of aromatic nitrogens is 1. The van der Waals surface area contributed by atoms with Crippen LogP contribution in [0.25, 0.3) is 0 Å². The molecule has 0 bridgehead atoms. The first-order chi connectivity index (χ1) is 8.16.